The monoisotopic (exact) mass is 701 g/mol. The molecule has 15 nitrogen and oxygen atoms in total. The molecule has 48 heavy (non-hydrogen) atoms. The lowest BCUT2D eigenvalue weighted by Crippen LogP contribution is -2.24. The maximum Gasteiger partial charge on any atom is 0.308 e. The van der Waals surface area contributed by atoms with Crippen molar-refractivity contribution in [2.75, 3.05) is 179 Å². The van der Waals surface area contributed by atoms with Crippen LogP contribution in [0.4, 0.5) is 0 Å². The van der Waals surface area contributed by atoms with Crippen molar-refractivity contribution in [1.29, 1.82) is 0 Å². The fourth-order valence-electron chi connectivity index (χ4n) is 3.32. The second-order valence-electron chi connectivity index (χ2n) is 11.5. The highest BCUT2D eigenvalue weighted by molar-refractivity contribution is 5.69. The van der Waals surface area contributed by atoms with E-state index in [2.05, 4.69) is 4.90 Å². The minimum Gasteiger partial charge on any atom is -0.460 e. The quantitative estimate of drug-likeness (QED) is 0.0675. The maximum absolute atomic E-state index is 11.6. The summed E-state index contributed by atoms with van der Waals surface area (Å²) in [7, 11) is 4.04. The maximum atomic E-state index is 11.6. The van der Waals surface area contributed by atoms with Gasteiger partial charge in [0.2, 0.25) is 0 Å². The van der Waals surface area contributed by atoms with Crippen molar-refractivity contribution in [3.63, 3.8) is 0 Å². The Hall–Kier alpha value is -1.05. The van der Waals surface area contributed by atoms with Crippen LogP contribution in [-0.2, 0) is 66.4 Å². The Labute approximate surface area is 289 Å². The van der Waals surface area contributed by atoms with E-state index in [1.165, 1.54) is 0 Å². The molecule has 0 N–H and O–H groups in total. The first kappa shape index (κ1) is 47.0. The zero-order chi connectivity index (χ0) is 35.2. The smallest absolute Gasteiger partial charge is 0.308 e. The predicted molar refractivity (Wildman–Crippen MR) is 179 cm³/mol. The number of likely N-dealkylation sites (N-methyl/N-ethyl adjacent to an activating group) is 1. The van der Waals surface area contributed by atoms with E-state index in [9.17, 15) is 4.79 Å². The molecule has 0 radical (unpaired) electrons. The van der Waals surface area contributed by atoms with Crippen LogP contribution in [0.25, 0.3) is 0 Å². The average molecular weight is 702 g/mol. The molecule has 0 aromatic heterocycles. The number of esters is 1. The molecule has 15 heteroatoms. The number of hydrogen-bond acceptors (Lipinski definition) is 15. The molecule has 0 spiro atoms. The summed E-state index contributed by atoms with van der Waals surface area (Å²) in [6, 6.07) is 0. The topological polar surface area (TPSA) is 140 Å². The first-order chi connectivity index (χ1) is 23.3. The van der Waals surface area contributed by atoms with Crippen LogP contribution >= 0.6 is 0 Å². The van der Waals surface area contributed by atoms with Gasteiger partial charge in [0.25, 0.3) is 0 Å². The van der Waals surface area contributed by atoms with E-state index in [0.29, 0.717) is 159 Å². The minimum atomic E-state index is -0.474. The number of carbonyl (C=O) groups excluding carboxylic acids is 1. The molecule has 0 rings (SSSR count). The zero-order valence-corrected chi connectivity index (χ0v) is 30.5. The van der Waals surface area contributed by atoms with Crippen LogP contribution in [0.1, 0.15) is 27.2 Å². The average Bonchev–Trinajstić information content (AvgIpc) is 3.03. The fourth-order valence-corrected chi connectivity index (χ4v) is 3.32. The van der Waals surface area contributed by atoms with Crippen molar-refractivity contribution in [2.45, 2.75) is 32.8 Å². The van der Waals surface area contributed by atoms with Gasteiger partial charge in [-0.2, -0.15) is 0 Å². The Balaban J connectivity index is 3.09. The summed E-state index contributed by atoms with van der Waals surface area (Å²) in [6.45, 7) is 18.6. The van der Waals surface area contributed by atoms with Gasteiger partial charge in [-0.05, 0) is 34.9 Å². The van der Waals surface area contributed by atoms with Crippen LogP contribution in [-0.4, -0.2) is 196 Å². The summed E-state index contributed by atoms with van der Waals surface area (Å²) in [5, 5.41) is 0. The molecule has 0 amide bonds. The second kappa shape index (κ2) is 37.2. The van der Waals surface area contributed by atoms with Crippen molar-refractivity contribution >= 4 is 5.97 Å². The predicted octanol–water partition coefficient (Wildman–Crippen LogP) is 1.48. The third kappa shape index (κ3) is 43.0. The van der Waals surface area contributed by atoms with Crippen molar-refractivity contribution in [3.05, 3.63) is 0 Å². The molecule has 0 aliphatic heterocycles. The Morgan fingerprint density at radius 1 is 0.375 bits per heavy atom. The van der Waals surface area contributed by atoms with E-state index in [1.807, 2.05) is 34.9 Å². The number of nitrogens with zero attached hydrogens (tertiary/aromatic N) is 1. The number of hydrogen-bond donors (Lipinski definition) is 0. The Morgan fingerprint density at radius 3 is 0.792 bits per heavy atom. The van der Waals surface area contributed by atoms with Gasteiger partial charge in [-0.1, -0.05) is 0 Å². The standard InChI is InChI=1S/C33H67NO14/c1-33(2,3)48-32(35)6-8-36-10-12-38-14-16-40-18-20-42-22-24-44-26-28-46-30-31-47-29-27-45-25-23-43-21-19-41-17-15-39-13-11-37-9-7-34(4)5/h6-31H2,1-5H3. The molecule has 0 bridgehead atoms. The van der Waals surface area contributed by atoms with Gasteiger partial charge in [-0.25, -0.2) is 0 Å². The van der Waals surface area contributed by atoms with E-state index in [4.69, 9.17) is 61.6 Å². The van der Waals surface area contributed by atoms with Crippen LogP contribution in [0, 0.1) is 0 Å². The van der Waals surface area contributed by atoms with E-state index < -0.39 is 5.60 Å². The third-order valence-electron chi connectivity index (χ3n) is 5.65. The lowest BCUT2D eigenvalue weighted by atomic mass is 10.2. The summed E-state index contributed by atoms with van der Waals surface area (Å²) in [5.74, 6) is -0.265. The zero-order valence-electron chi connectivity index (χ0n) is 30.5. The molecule has 0 aliphatic carbocycles. The summed E-state index contributed by atoms with van der Waals surface area (Å²) >= 11 is 0. The van der Waals surface area contributed by atoms with Gasteiger partial charge < -0.3 is 66.5 Å². The molecule has 0 saturated heterocycles. The van der Waals surface area contributed by atoms with Crippen LogP contribution in [0.3, 0.4) is 0 Å². The first-order valence-corrected chi connectivity index (χ1v) is 17.1. The van der Waals surface area contributed by atoms with Crippen LogP contribution in [0.5, 0.6) is 0 Å². The fraction of sp³-hybridized carbons (Fsp3) is 0.970. The Morgan fingerprint density at radius 2 is 0.583 bits per heavy atom. The van der Waals surface area contributed by atoms with Crippen LogP contribution in [0.2, 0.25) is 0 Å². The van der Waals surface area contributed by atoms with Gasteiger partial charge >= 0.3 is 5.97 Å². The van der Waals surface area contributed by atoms with E-state index in [0.717, 1.165) is 6.54 Å². The van der Waals surface area contributed by atoms with Crippen LogP contribution in [0.15, 0.2) is 0 Å². The van der Waals surface area contributed by atoms with Crippen molar-refractivity contribution in [3.8, 4) is 0 Å². The SMILES string of the molecule is CN(C)CCOCCOCCOCCOCCOCCOCCOCCOCCOCCOCCOCCOCCC(=O)OC(C)(C)C. The molecule has 0 saturated carbocycles. The molecular formula is C33H67NO14. The molecule has 0 heterocycles. The molecule has 0 aromatic rings. The van der Waals surface area contributed by atoms with E-state index >= 15 is 0 Å². The van der Waals surface area contributed by atoms with Gasteiger partial charge in [0.15, 0.2) is 0 Å². The highest BCUT2D eigenvalue weighted by Gasteiger charge is 2.15. The molecular weight excluding hydrogens is 634 g/mol. The summed E-state index contributed by atoms with van der Waals surface area (Å²) in [5.41, 5.74) is -0.474. The molecule has 0 fully saturated rings. The number of carbonyl (C=O) groups is 1. The summed E-state index contributed by atoms with van der Waals surface area (Å²) in [4.78, 5) is 13.6. The Bertz CT molecular complexity index is 654. The van der Waals surface area contributed by atoms with E-state index in [-0.39, 0.29) is 12.4 Å². The molecule has 0 aliphatic rings. The highest BCUT2D eigenvalue weighted by Crippen LogP contribution is 2.08. The molecule has 0 unspecified atom stereocenters. The lowest BCUT2D eigenvalue weighted by molar-refractivity contribution is -0.156. The third-order valence-corrected chi connectivity index (χ3v) is 5.65. The molecule has 288 valence electrons. The summed E-state index contributed by atoms with van der Waals surface area (Å²) < 4.78 is 70.7. The second-order valence-corrected chi connectivity index (χ2v) is 11.5. The van der Waals surface area contributed by atoms with Crippen molar-refractivity contribution < 1.29 is 66.4 Å². The van der Waals surface area contributed by atoms with Crippen molar-refractivity contribution in [1.82, 2.24) is 4.90 Å². The summed E-state index contributed by atoms with van der Waals surface area (Å²) in [6.07, 6.45) is 0.232. The Kier molecular flexibility index (Phi) is 36.4. The van der Waals surface area contributed by atoms with Gasteiger partial charge in [-0.15, -0.1) is 0 Å². The van der Waals surface area contributed by atoms with Gasteiger partial charge in [0, 0.05) is 6.54 Å². The molecule has 0 aromatic carbocycles. The van der Waals surface area contributed by atoms with Gasteiger partial charge in [0.1, 0.15) is 5.60 Å². The first-order valence-electron chi connectivity index (χ1n) is 17.1. The largest absolute Gasteiger partial charge is 0.460 e. The normalized spacial score (nSPS) is 12.0. The van der Waals surface area contributed by atoms with E-state index in [1.54, 1.807) is 0 Å². The van der Waals surface area contributed by atoms with Crippen LogP contribution < -0.4 is 0 Å². The highest BCUT2D eigenvalue weighted by atomic mass is 16.6. The lowest BCUT2D eigenvalue weighted by Gasteiger charge is -2.19. The number of rotatable bonds is 39. The van der Waals surface area contributed by atoms with Gasteiger partial charge in [0.05, 0.1) is 165 Å². The number of ether oxygens (including phenoxy) is 13. The molecule has 0 atom stereocenters. The van der Waals surface area contributed by atoms with Crippen molar-refractivity contribution in [2.24, 2.45) is 0 Å². The minimum absolute atomic E-state index is 0.232. The van der Waals surface area contributed by atoms with Gasteiger partial charge in [-0.3, -0.25) is 4.79 Å².